The molecule has 1 fully saturated rings. The number of halogens is 1. The quantitative estimate of drug-likeness (QED) is 0.315. The van der Waals surface area contributed by atoms with Crippen LogP contribution >= 0.6 is 24.0 Å². The number of ether oxygens (including phenoxy) is 1. The van der Waals surface area contributed by atoms with Gasteiger partial charge >= 0.3 is 0 Å². The van der Waals surface area contributed by atoms with Gasteiger partial charge in [-0.1, -0.05) is 32.0 Å². The lowest BCUT2D eigenvalue weighted by atomic mass is 9.98. The van der Waals surface area contributed by atoms with Crippen LogP contribution in [0.25, 0.3) is 0 Å². The highest BCUT2D eigenvalue weighted by atomic mass is 127. The maximum absolute atomic E-state index is 12.5. The monoisotopic (exact) mass is 516 g/mol. The van der Waals surface area contributed by atoms with E-state index >= 15 is 0 Å². The molecule has 2 N–H and O–H groups in total. The summed E-state index contributed by atoms with van der Waals surface area (Å²) in [6, 6.07) is 10.2. The Balaban J connectivity index is 0.00000420. The lowest BCUT2D eigenvalue weighted by molar-refractivity contribution is -0.136. The van der Waals surface area contributed by atoms with Gasteiger partial charge in [-0.2, -0.15) is 0 Å². The Morgan fingerprint density at radius 1 is 1.21 bits per heavy atom. The predicted octanol–water partition coefficient (Wildman–Crippen LogP) is 3.66. The van der Waals surface area contributed by atoms with Gasteiger partial charge in [0.2, 0.25) is 5.91 Å². The number of rotatable bonds is 8. The van der Waals surface area contributed by atoms with E-state index in [1.165, 1.54) is 0 Å². The summed E-state index contributed by atoms with van der Waals surface area (Å²) in [7, 11) is 1.78. The number of benzene rings is 1. The topological polar surface area (TPSA) is 66.0 Å². The third-order valence-electron chi connectivity index (χ3n) is 5.34. The number of amides is 1. The minimum atomic E-state index is 0. The molecule has 0 aliphatic carbocycles. The van der Waals surface area contributed by atoms with Crippen LogP contribution in [0.2, 0.25) is 0 Å². The second kappa shape index (κ2) is 13.7. The molecule has 1 aliphatic rings. The fourth-order valence-corrected chi connectivity index (χ4v) is 3.54. The SMILES string of the molecule is CCC(CC)C(=O)N1CCC(NC(=NC)NCC(C)Oc2ccccc2)CC1.I. The van der Waals surface area contributed by atoms with Gasteiger partial charge in [-0.25, -0.2) is 0 Å². The van der Waals surface area contributed by atoms with E-state index in [0.717, 1.165) is 50.5 Å². The molecular weight excluding hydrogens is 479 g/mol. The molecular formula is C22H37IN4O2. The zero-order valence-corrected chi connectivity index (χ0v) is 20.5. The molecule has 7 heteroatoms. The van der Waals surface area contributed by atoms with Gasteiger partial charge in [-0.3, -0.25) is 9.79 Å². The molecule has 164 valence electrons. The van der Waals surface area contributed by atoms with E-state index in [4.69, 9.17) is 4.74 Å². The number of para-hydroxylation sites is 1. The molecule has 2 rings (SSSR count). The van der Waals surface area contributed by atoms with Gasteiger partial charge in [0, 0.05) is 32.1 Å². The van der Waals surface area contributed by atoms with Crippen molar-refractivity contribution in [3.8, 4) is 5.75 Å². The second-order valence-corrected chi connectivity index (χ2v) is 7.45. The summed E-state index contributed by atoms with van der Waals surface area (Å²) in [6.07, 6.45) is 3.77. The average Bonchev–Trinajstić information content (AvgIpc) is 2.73. The highest BCUT2D eigenvalue weighted by Gasteiger charge is 2.26. The molecule has 1 atom stereocenters. The molecule has 1 saturated heterocycles. The first-order chi connectivity index (χ1) is 13.6. The Bertz CT molecular complexity index is 614. The number of likely N-dealkylation sites (tertiary alicyclic amines) is 1. The zero-order chi connectivity index (χ0) is 20.4. The molecule has 29 heavy (non-hydrogen) atoms. The Kier molecular flexibility index (Phi) is 12.0. The summed E-state index contributed by atoms with van der Waals surface area (Å²) in [5.74, 6) is 2.14. The van der Waals surface area contributed by atoms with Crippen molar-refractivity contribution in [3.63, 3.8) is 0 Å². The van der Waals surface area contributed by atoms with Crippen molar-refractivity contribution in [3.05, 3.63) is 30.3 Å². The van der Waals surface area contributed by atoms with Crippen LogP contribution in [0.1, 0.15) is 46.5 Å². The van der Waals surface area contributed by atoms with Crippen LogP contribution in [0.15, 0.2) is 35.3 Å². The van der Waals surface area contributed by atoms with Gasteiger partial charge in [-0.15, -0.1) is 24.0 Å². The van der Waals surface area contributed by atoms with E-state index in [2.05, 4.69) is 29.5 Å². The molecule has 1 heterocycles. The number of guanidine groups is 1. The van der Waals surface area contributed by atoms with Gasteiger partial charge in [0.25, 0.3) is 0 Å². The second-order valence-electron chi connectivity index (χ2n) is 7.45. The maximum atomic E-state index is 12.5. The molecule has 0 bridgehead atoms. The Labute approximate surface area is 192 Å². The van der Waals surface area contributed by atoms with Crippen LogP contribution in [0.4, 0.5) is 0 Å². The highest BCUT2D eigenvalue weighted by molar-refractivity contribution is 14.0. The van der Waals surface area contributed by atoms with Crippen molar-refractivity contribution in [2.75, 3.05) is 26.7 Å². The smallest absolute Gasteiger partial charge is 0.225 e. The van der Waals surface area contributed by atoms with E-state index < -0.39 is 0 Å². The lowest BCUT2D eigenvalue weighted by Gasteiger charge is -2.35. The van der Waals surface area contributed by atoms with Crippen molar-refractivity contribution in [2.45, 2.75) is 58.6 Å². The van der Waals surface area contributed by atoms with Crippen molar-refractivity contribution >= 4 is 35.8 Å². The summed E-state index contributed by atoms with van der Waals surface area (Å²) in [5, 5.41) is 6.83. The Morgan fingerprint density at radius 2 is 1.83 bits per heavy atom. The standard InChI is InChI=1S/C22H36N4O2.HI/c1-5-18(6-2)21(27)26-14-12-19(13-15-26)25-22(23-4)24-16-17(3)28-20-10-8-7-9-11-20;/h7-11,17-19H,5-6,12-16H2,1-4H3,(H2,23,24,25);1H. The molecule has 1 aromatic rings. The molecule has 0 saturated carbocycles. The first kappa shape index (κ1) is 25.5. The molecule has 1 aromatic carbocycles. The van der Waals surface area contributed by atoms with Crippen LogP contribution in [0.5, 0.6) is 5.75 Å². The third-order valence-corrected chi connectivity index (χ3v) is 5.34. The number of carbonyl (C=O) groups is 1. The molecule has 1 aliphatic heterocycles. The van der Waals surface area contributed by atoms with Crippen LogP contribution in [-0.2, 0) is 4.79 Å². The predicted molar refractivity (Wildman–Crippen MR) is 130 cm³/mol. The summed E-state index contributed by atoms with van der Waals surface area (Å²) in [6.45, 7) is 8.53. The Hall–Kier alpha value is -1.51. The maximum Gasteiger partial charge on any atom is 0.225 e. The number of hydrogen-bond acceptors (Lipinski definition) is 3. The highest BCUT2D eigenvalue weighted by Crippen LogP contribution is 2.17. The molecule has 0 aromatic heterocycles. The normalized spacial score (nSPS) is 16.2. The first-order valence-corrected chi connectivity index (χ1v) is 10.5. The lowest BCUT2D eigenvalue weighted by Crippen LogP contribution is -2.51. The molecule has 1 amide bonds. The van der Waals surface area contributed by atoms with Crippen LogP contribution < -0.4 is 15.4 Å². The number of nitrogens with zero attached hydrogens (tertiary/aromatic N) is 2. The largest absolute Gasteiger partial charge is 0.489 e. The third kappa shape index (κ3) is 8.40. The fraction of sp³-hybridized carbons (Fsp3) is 0.636. The fourth-order valence-electron chi connectivity index (χ4n) is 3.54. The Morgan fingerprint density at radius 3 is 2.38 bits per heavy atom. The van der Waals surface area contributed by atoms with E-state index in [-0.39, 0.29) is 36.0 Å². The number of piperidine rings is 1. The van der Waals surface area contributed by atoms with E-state index in [1.807, 2.05) is 42.2 Å². The van der Waals surface area contributed by atoms with Crippen molar-refractivity contribution in [1.82, 2.24) is 15.5 Å². The first-order valence-electron chi connectivity index (χ1n) is 10.5. The van der Waals surface area contributed by atoms with Gasteiger partial charge in [0.1, 0.15) is 11.9 Å². The average molecular weight is 516 g/mol. The molecule has 6 nitrogen and oxygen atoms in total. The minimum absolute atomic E-state index is 0. The van der Waals surface area contributed by atoms with E-state index in [0.29, 0.717) is 18.5 Å². The summed E-state index contributed by atoms with van der Waals surface area (Å²) < 4.78 is 5.89. The van der Waals surface area contributed by atoms with Crippen molar-refractivity contribution in [2.24, 2.45) is 10.9 Å². The van der Waals surface area contributed by atoms with Gasteiger partial charge < -0.3 is 20.3 Å². The van der Waals surface area contributed by atoms with E-state index in [1.54, 1.807) is 7.05 Å². The molecule has 0 spiro atoms. The van der Waals surface area contributed by atoms with Gasteiger partial charge in [0.15, 0.2) is 5.96 Å². The van der Waals surface area contributed by atoms with Gasteiger partial charge in [-0.05, 0) is 44.7 Å². The van der Waals surface area contributed by atoms with Gasteiger partial charge in [0.05, 0.1) is 6.54 Å². The number of aliphatic imine (C=N–C) groups is 1. The van der Waals surface area contributed by atoms with E-state index in [9.17, 15) is 4.79 Å². The number of hydrogen-bond donors (Lipinski definition) is 2. The summed E-state index contributed by atoms with van der Waals surface area (Å²) in [5.41, 5.74) is 0. The molecule has 1 unspecified atom stereocenters. The van der Waals surface area contributed by atoms with Crippen LogP contribution in [-0.4, -0.2) is 55.6 Å². The summed E-state index contributed by atoms with van der Waals surface area (Å²) >= 11 is 0. The number of carbonyl (C=O) groups excluding carboxylic acids is 1. The summed E-state index contributed by atoms with van der Waals surface area (Å²) in [4.78, 5) is 18.9. The molecule has 0 radical (unpaired) electrons. The van der Waals surface area contributed by atoms with Crippen molar-refractivity contribution in [1.29, 1.82) is 0 Å². The number of nitrogens with one attached hydrogen (secondary N) is 2. The van der Waals surface area contributed by atoms with Crippen LogP contribution in [0, 0.1) is 5.92 Å². The minimum Gasteiger partial charge on any atom is -0.489 e. The van der Waals surface area contributed by atoms with Crippen molar-refractivity contribution < 1.29 is 9.53 Å². The zero-order valence-electron chi connectivity index (χ0n) is 18.2. The van der Waals surface area contributed by atoms with Crippen LogP contribution in [0.3, 0.4) is 0 Å².